The van der Waals surface area contributed by atoms with Crippen LogP contribution in [0.4, 0.5) is 26.3 Å². The van der Waals surface area contributed by atoms with Gasteiger partial charge in [-0.2, -0.15) is 26.3 Å². The summed E-state index contributed by atoms with van der Waals surface area (Å²) in [6, 6.07) is 8.99. The number of hydrogen-bond donors (Lipinski definition) is 1. The molecule has 0 amide bonds. The van der Waals surface area contributed by atoms with Crippen LogP contribution >= 0.6 is 0 Å². The molecular weight excluding hydrogens is 430 g/mol. The number of benzene rings is 2. The van der Waals surface area contributed by atoms with Crippen molar-refractivity contribution in [1.82, 2.24) is 9.88 Å². The summed E-state index contributed by atoms with van der Waals surface area (Å²) in [6.07, 6.45) is -7.06. The minimum Gasteiger partial charge on any atom is -0.354 e. The highest BCUT2D eigenvalue weighted by Crippen LogP contribution is 2.40. The summed E-state index contributed by atoms with van der Waals surface area (Å²) in [5, 5.41) is 0.818. The number of nitrogens with zero attached hydrogens (tertiary/aromatic N) is 1. The number of likely N-dealkylation sites (tertiary alicyclic amines) is 1. The SMILES string of the molecule is CC1CCN(CCc2c(-c3cc(C(F)(F)F)cc(C(F)(F)F)c3)[nH]c3ccccc23)CC1. The van der Waals surface area contributed by atoms with Gasteiger partial charge in [-0.05, 0) is 73.7 Å². The number of fused-ring (bicyclic) bond motifs is 1. The number of rotatable bonds is 4. The van der Waals surface area contributed by atoms with Crippen LogP contribution in [-0.2, 0) is 18.8 Å². The first-order chi connectivity index (χ1) is 15.0. The van der Waals surface area contributed by atoms with Gasteiger partial charge in [-0.25, -0.2) is 0 Å². The second kappa shape index (κ2) is 8.46. The van der Waals surface area contributed by atoms with E-state index in [1.165, 1.54) is 0 Å². The molecule has 32 heavy (non-hydrogen) atoms. The maximum atomic E-state index is 13.4. The van der Waals surface area contributed by atoms with E-state index in [9.17, 15) is 26.3 Å². The van der Waals surface area contributed by atoms with E-state index in [1.807, 2.05) is 12.1 Å². The molecular formula is C24H24F6N2. The van der Waals surface area contributed by atoms with Crippen LogP contribution in [0.15, 0.2) is 42.5 Å². The zero-order valence-corrected chi connectivity index (χ0v) is 17.6. The topological polar surface area (TPSA) is 19.0 Å². The van der Waals surface area contributed by atoms with E-state index >= 15 is 0 Å². The molecule has 172 valence electrons. The average molecular weight is 454 g/mol. The number of nitrogens with one attached hydrogen (secondary N) is 1. The van der Waals surface area contributed by atoms with Gasteiger partial charge in [0.2, 0.25) is 0 Å². The van der Waals surface area contributed by atoms with E-state index in [-0.39, 0.29) is 11.6 Å². The molecule has 2 nitrogen and oxygen atoms in total. The Labute approximate surface area is 182 Å². The van der Waals surface area contributed by atoms with Crippen molar-refractivity contribution in [2.75, 3.05) is 19.6 Å². The number of hydrogen-bond acceptors (Lipinski definition) is 1. The van der Waals surface area contributed by atoms with Crippen molar-refractivity contribution in [3.63, 3.8) is 0 Å². The molecule has 0 spiro atoms. The smallest absolute Gasteiger partial charge is 0.354 e. The summed E-state index contributed by atoms with van der Waals surface area (Å²) in [5.41, 5.74) is -0.977. The normalized spacial score (nSPS) is 16.7. The minimum atomic E-state index is -4.88. The standard InChI is InChI=1S/C24H24F6N2/c1-15-6-9-32(10-7-15)11-8-20-19-4-2-3-5-21(19)31-22(20)16-12-17(23(25,26)27)14-18(13-16)24(28,29)30/h2-5,12-15,31H,6-11H2,1H3. The summed E-state index contributed by atoms with van der Waals surface area (Å²) in [4.78, 5) is 5.38. The first-order valence-electron chi connectivity index (χ1n) is 10.6. The van der Waals surface area contributed by atoms with E-state index in [0.29, 0.717) is 30.1 Å². The van der Waals surface area contributed by atoms with Crippen LogP contribution in [0.25, 0.3) is 22.2 Å². The lowest BCUT2D eigenvalue weighted by molar-refractivity contribution is -0.143. The fourth-order valence-corrected chi connectivity index (χ4v) is 4.36. The van der Waals surface area contributed by atoms with Crippen LogP contribution in [-0.4, -0.2) is 29.5 Å². The van der Waals surface area contributed by atoms with Crippen molar-refractivity contribution >= 4 is 10.9 Å². The highest BCUT2D eigenvalue weighted by molar-refractivity contribution is 5.91. The lowest BCUT2D eigenvalue weighted by atomic mass is 9.96. The van der Waals surface area contributed by atoms with E-state index in [4.69, 9.17) is 0 Å². The van der Waals surface area contributed by atoms with Crippen molar-refractivity contribution in [2.45, 2.75) is 38.5 Å². The van der Waals surface area contributed by atoms with Crippen LogP contribution in [0, 0.1) is 5.92 Å². The Bertz CT molecular complexity index is 1060. The molecule has 0 unspecified atom stereocenters. The molecule has 0 atom stereocenters. The fourth-order valence-electron chi connectivity index (χ4n) is 4.36. The molecule has 2 heterocycles. The number of H-pyrrole nitrogens is 1. The second-order valence-electron chi connectivity index (χ2n) is 8.59. The van der Waals surface area contributed by atoms with E-state index in [1.54, 1.807) is 12.1 Å². The Balaban J connectivity index is 1.78. The quantitative estimate of drug-likeness (QED) is 0.415. The van der Waals surface area contributed by atoms with Gasteiger partial charge in [0, 0.05) is 23.1 Å². The largest absolute Gasteiger partial charge is 0.416 e. The van der Waals surface area contributed by atoms with Crippen LogP contribution in [0.2, 0.25) is 0 Å². The zero-order chi connectivity index (χ0) is 23.1. The van der Waals surface area contributed by atoms with Gasteiger partial charge in [0.25, 0.3) is 0 Å². The van der Waals surface area contributed by atoms with E-state index < -0.39 is 23.5 Å². The van der Waals surface area contributed by atoms with E-state index in [0.717, 1.165) is 49.0 Å². The van der Waals surface area contributed by atoms with Crippen molar-refractivity contribution in [1.29, 1.82) is 0 Å². The van der Waals surface area contributed by atoms with Gasteiger partial charge >= 0.3 is 12.4 Å². The molecule has 3 aromatic rings. The number of piperidine rings is 1. The molecule has 2 aromatic carbocycles. The fraction of sp³-hybridized carbons (Fsp3) is 0.417. The third kappa shape index (κ3) is 4.80. The summed E-state index contributed by atoms with van der Waals surface area (Å²) in [7, 11) is 0. The first-order valence-corrected chi connectivity index (χ1v) is 10.6. The van der Waals surface area contributed by atoms with Gasteiger partial charge in [-0.15, -0.1) is 0 Å². The maximum absolute atomic E-state index is 13.4. The van der Waals surface area contributed by atoms with Crippen molar-refractivity contribution in [3.05, 3.63) is 59.2 Å². The first kappa shape index (κ1) is 22.7. The van der Waals surface area contributed by atoms with Crippen LogP contribution < -0.4 is 0 Å². The Morgan fingerprint density at radius 3 is 2.09 bits per heavy atom. The lowest BCUT2D eigenvalue weighted by Crippen LogP contribution is -2.34. The lowest BCUT2D eigenvalue weighted by Gasteiger charge is -2.30. The second-order valence-corrected chi connectivity index (χ2v) is 8.59. The van der Waals surface area contributed by atoms with Crippen molar-refractivity contribution in [3.8, 4) is 11.3 Å². The summed E-state index contributed by atoms with van der Waals surface area (Å²) in [6.45, 7) is 4.80. The summed E-state index contributed by atoms with van der Waals surface area (Å²) >= 11 is 0. The number of alkyl halides is 6. The molecule has 1 aromatic heterocycles. The number of aromatic amines is 1. The Kier molecular flexibility index (Phi) is 6.00. The molecule has 4 rings (SSSR count). The minimum absolute atomic E-state index is 0.106. The van der Waals surface area contributed by atoms with Gasteiger partial charge in [-0.1, -0.05) is 25.1 Å². The molecule has 0 radical (unpaired) electrons. The predicted molar refractivity (Wildman–Crippen MR) is 112 cm³/mol. The Morgan fingerprint density at radius 2 is 1.50 bits per heavy atom. The summed E-state index contributed by atoms with van der Waals surface area (Å²) in [5.74, 6) is 0.667. The predicted octanol–water partition coefficient (Wildman–Crippen LogP) is 7.15. The molecule has 1 saturated heterocycles. The third-order valence-corrected chi connectivity index (χ3v) is 6.24. The van der Waals surface area contributed by atoms with Crippen LogP contribution in [0.5, 0.6) is 0 Å². The Morgan fingerprint density at radius 1 is 0.906 bits per heavy atom. The zero-order valence-electron chi connectivity index (χ0n) is 17.6. The molecule has 0 aliphatic carbocycles. The average Bonchev–Trinajstić information content (AvgIpc) is 3.10. The molecule has 8 heteroatoms. The van der Waals surface area contributed by atoms with E-state index in [2.05, 4.69) is 16.8 Å². The molecule has 1 N–H and O–H groups in total. The maximum Gasteiger partial charge on any atom is 0.416 e. The molecule has 1 aliphatic rings. The van der Waals surface area contributed by atoms with Gasteiger partial charge in [0.1, 0.15) is 0 Å². The number of halogens is 6. The van der Waals surface area contributed by atoms with Gasteiger partial charge < -0.3 is 9.88 Å². The number of para-hydroxylation sites is 1. The van der Waals surface area contributed by atoms with Gasteiger partial charge in [0.05, 0.1) is 11.1 Å². The summed E-state index contributed by atoms with van der Waals surface area (Å²) < 4.78 is 80.4. The van der Waals surface area contributed by atoms with Crippen molar-refractivity contribution < 1.29 is 26.3 Å². The van der Waals surface area contributed by atoms with Gasteiger partial charge in [-0.3, -0.25) is 0 Å². The Hall–Kier alpha value is -2.48. The van der Waals surface area contributed by atoms with Crippen molar-refractivity contribution in [2.24, 2.45) is 5.92 Å². The monoisotopic (exact) mass is 454 g/mol. The molecule has 0 bridgehead atoms. The molecule has 1 fully saturated rings. The van der Waals surface area contributed by atoms with Gasteiger partial charge in [0.15, 0.2) is 0 Å². The van der Waals surface area contributed by atoms with Crippen LogP contribution in [0.3, 0.4) is 0 Å². The highest BCUT2D eigenvalue weighted by Gasteiger charge is 2.37. The number of aromatic nitrogens is 1. The molecule has 0 saturated carbocycles. The highest BCUT2D eigenvalue weighted by atomic mass is 19.4. The molecule has 1 aliphatic heterocycles. The third-order valence-electron chi connectivity index (χ3n) is 6.24. The van der Waals surface area contributed by atoms with Crippen LogP contribution in [0.1, 0.15) is 36.5 Å².